The molecule has 0 aliphatic carbocycles. The van der Waals surface area contributed by atoms with Crippen molar-refractivity contribution in [1.29, 1.82) is 0 Å². The van der Waals surface area contributed by atoms with E-state index in [9.17, 15) is 19.4 Å². The number of likely N-dealkylation sites (N-methyl/N-ethyl adjacent to an activating group) is 1. The number of carbonyl (C=O) groups is 1. The van der Waals surface area contributed by atoms with Crippen LogP contribution in [0.5, 0.6) is 0 Å². The fourth-order valence-electron chi connectivity index (χ4n) is 7.74. The zero-order chi connectivity index (χ0) is 52.0. The van der Waals surface area contributed by atoms with Gasteiger partial charge in [0.2, 0.25) is 5.91 Å². The average Bonchev–Trinajstić information content (AvgIpc) is 3.33. The number of aliphatic hydroxyl groups excluding tert-OH is 1. The van der Waals surface area contributed by atoms with Gasteiger partial charge in [0.25, 0.3) is 0 Å². The maximum atomic E-state index is 13.0. The van der Waals surface area contributed by atoms with E-state index in [0.717, 1.165) is 83.5 Å². The Bertz CT molecular complexity index is 1520. The van der Waals surface area contributed by atoms with Crippen LogP contribution >= 0.6 is 7.82 Å². The van der Waals surface area contributed by atoms with Crippen LogP contribution in [0.25, 0.3) is 0 Å². The number of unbranched alkanes of at least 4 members (excludes halogenated alkanes) is 22. The fourth-order valence-corrected chi connectivity index (χ4v) is 8.48. The molecule has 71 heavy (non-hydrogen) atoms. The summed E-state index contributed by atoms with van der Waals surface area (Å²) in [5.74, 6) is -0.193. The lowest BCUT2D eigenvalue weighted by atomic mass is 10.0. The summed E-state index contributed by atoms with van der Waals surface area (Å²) in [5, 5.41) is 13.9. The van der Waals surface area contributed by atoms with E-state index >= 15 is 0 Å². The van der Waals surface area contributed by atoms with Gasteiger partial charge in [0.05, 0.1) is 39.9 Å². The van der Waals surface area contributed by atoms with Crippen molar-refractivity contribution in [1.82, 2.24) is 5.32 Å². The van der Waals surface area contributed by atoms with Crippen molar-refractivity contribution in [2.75, 3.05) is 40.9 Å². The number of hydrogen-bond donors (Lipinski definition) is 3. The number of carbonyl (C=O) groups excluding carboxylic acids is 1. The minimum atomic E-state index is -4.36. The molecule has 0 heterocycles. The van der Waals surface area contributed by atoms with Gasteiger partial charge < -0.3 is 19.8 Å². The number of phosphoric acid groups is 1. The molecule has 0 bridgehead atoms. The Balaban J connectivity index is 4.12. The monoisotopic (exact) mass is 1010 g/mol. The third-order valence-electron chi connectivity index (χ3n) is 12.2. The van der Waals surface area contributed by atoms with Gasteiger partial charge in [-0.2, -0.15) is 0 Å². The van der Waals surface area contributed by atoms with Crippen LogP contribution in [-0.2, 0) is 18.4 Å². The van der Waals surface area contributed by atoms with Crippen molar-refractivity contribution in [3.63, 3.8) is 0 Å². The first-order valence-electron chi connectivity index (χ1n) is 28.8. The Kier molecular flexibility index (Phi) is 50.0. The smallest absolute Gasteiger partial charge is 0.387 e. The summed E-state index contributed by atoms with van der Waals surface area (Å²) in [6, 6.07) is -0.869. The van der Waals surface area contributed by atoms with Crippen LogP contribution in [0, 0.1) is 0 Å². The maximum absolute atomic E-state index is 13.0. The molecule has 0 radical (unpaired) electrons. The highest BCUT2D eigenvalue weighted by molar-refractivity contribution is 7.47. The largest absolute Gasteiger partial charge is 0.472 e. The molecule has 0 fully saturated rings. The predicted octanol–water partition coefficient (Wildman–Crippen LogP) is 17.6. The second-order valence-electron chi connectivity index (χ2n) is 20.3. The lowest BCUT2D eigenvalue weighted by Crippen LogP contribution is -2.45. The van der Waals surface area contributed by atoms with E-state index in [4.69, 9.17) is 9.05 Å². The molecule has 0 saturated heterocycles. The van der Waals surface area contributed by atoms with Crippen molar-refractivity contribution in [3.8, 4) is 0 Å². The SMILES string of the molecule is CC/C=C\C/C=C\C/C=C\C/C=C\C/C=C\C/C=C\C/C=C\CCCCCCCCCCCCCCCC(=O)NC(COP(=O)(O)OCC[N+](C)(C)C)C(O)/C=C/CC/C=C/CCCCCCCCCC. The average molecular weight is 1010 g/mol. The number of allylic oxidation sites excluding steroid dienone is 17. The lowest BCUT2D eigenvalue weighted by molar-refractivity contribution is -0.870. The zero-order valence-corrected chi connectivity index (χ0v) is 47.3. The van der Waals surface area contributed by atoms with Crippen LogP contribution in [0.3, 0.4) is 0 Å². The highest BCUT2D eigenvalue weighted by Gasteiger charge is 2.27. The van der Waals surface area contributed by atoms with Crippen molar-refractivity contribution in [3.05, 3.63) is 109 Å². The molecule has 1 amide bonds. The number of quaternary nitrogens is 1. The number of hydrogen-bond acceptors (Lipinski definition) is 5. The van der Waals surface area contributed by atoms with E-state index in [2.05, 4.69) is 116 Å². The van der Waals surface area contributed by atoms with Crippen LogP contribution in [0.1, 0.15) is 226 Å². The van der Waals surface area contributed by atoms with Crippen LogP contribution < -0.4 is 5.32 Å². The number of amides is 1. The number of phosphoric ester groups is 1. The standard InChI is InChI=1S/C62H109N2O6P/c1-6-8-10-12-14-16-18-20-22-23-24-25-26-27-28-29-30-31-32-33-34-35-36-37-38-39-40-41-42-44-46-48-50-52-54-56-62(66)63-60(59-70-71(67,68)69-58-57-64(3,4)5)61(65)55-53-51-49-47-45-43-21-19-17-15-13-11-9-7-2/h8,10,14,16,20,22,24-25,27-28,30-31,33-34,45,47,53,55,60-61,65H,6-7,9,11-13,15,17-19,21,23,26,29,32,35-44,46,48-52,54,56-59H2,1-5H3,(H-,63,66,67,68)/p+1/b10-8-,16-14-,22-20-,25-24-,28-27-,31-30-,34-33-,47-45+,55-53+. The molecule has 408 valence electrons. The van der Waals surface area contributed by atoms with E-state index in [-0.39, 0.29) is 19.1 Å². The first-order valence-corrected chi connectivity index (χ1v) is 30.3. The number of aliphatic hydroxyl groups is 1. The summed E-state index contributed by atoms with van der Waals surface area (Å²) in [6.07, 6.45) is 76.2. The molecule has 0 rings (SSSR count). The molecule has 0 aromatic rings. The second kappa shape index (κ2) is 52.0. The molecule has 3 atom stereocenters. The van der Waals surface area contributed by atoms with Crippen molar-refractivity contribution in [2.24, 2.45) is 0 Å². The van der Waals surface area contributed by atoms with Gasteiger partial charge in [-0.3, -0.25) is 13.8 Å². The Hall–Kier alpha value is -2.84. The molecule has 0 aromatic carbocycles. The van der Waals surface area contributed by atoms with E-state index in [1.807, 2.05) is 27.2 Å². The van der Waals surface area contributed by atoms with Gasteiger partial charge in [0.15, 0.2) is 0 Å². The van der Waals surface area contributed by atoms with Gasteiger partial charge in [-0.25, -0.2) is 4.57 Å². The predicted molar refractivity (Wildman–Crippen MR) is 309 cm³/mol. The van der Waals surface area contributed by atoms with Crippen molar-refractivity contribution in [2.45, 2.75) is 238 Å². The molecule has 3 N–H and O–H groups in total. The summed E-state index contributed by atoms with van der Waals surface area (Å²) in [4.78, 5) is 23.3. The first kappa shape index (κ1) is 68.2. The minimum Gasteiger partial charge on any atom is -0.387 e. The summed E-state index contributed by atoms with van der Waals surface area (Å²) in [6.45, 7) is 4.66. The molecule has 0 aliphatic heterocycles. The Labute approximate surface area is 438 Å². The quantitative estimate of drug-likeness (QED) is 0.0243. The van der Waals surface area contributed by atoms with Gasteiger partial charge in [0, 0.05) is 6.42 Å². The van der Waals surface area contributed by atoms with Crippen LogP contribution in [0.2, 0.25) is 0 Å². The van der Waals surface area contributed by atoms with Crippen molar-refractivity contribution >= 4 is 13.7 Å². The van der Waals surface area contributed by atoms with Gasteiger partial charge >= 0.3 is 7.82 Å². The number of nitrogens with one attached hydrogen (secondary N) is 1. The van der Waals surface area contributed by atoms with E-state index in [1.165, 1.54) is 122 Å². The maximum Gasteiger partial charge on any atom is 0.472 e. The first-order chi connectivity index (χ1) is 34.5. The molecule has 0 aromatic heterocycles. The van der Waals surface area contributed by atoms with Crippen LogP contribution in [-0.4, -0.2) is 73.4 Å². The fraction of sp³-hybridized carbons (Fsp3) is 0.694. The van der Waals surface area contributed by atoms with Crippen LogP contribution in [0.4, 0.5) is 0 Å². The number of rotatable bonds is 51. The summed E-state index contributed by atoms with van der Waals surface area (Å²) in [7, 11) is 1.54. The molecular formula is C62H110N2O6P+. The van der Waals surface area contributed by atoms with Crippen LogP contribution in [0.15, 0.2) is 109 Å². The van der Waals surface area contributed by atoms with E-state index in [1.54, 1.807) is 6.08 Å². The van der Waals surface area contributed by atoms with Crippen molar-refractivity contribution < 1.29 is 32.9 Å². The topological polar surface area (TPSA) is 105 Å². The highest BCUT2D eigenvalue weighted by atomic mass is 31.2. The Morgan fingerprint density at radius 3 is 1.30 bits per heavy atom. The molecule has 0 saturated carbocycles. The zero-order valence-electron chi connectivity index (χ0n) is 46.4. The van der Waals surface area contributed by atoms with E-state index < -0.39 is 20.0 Å². The van der Waals surface area contributed by atoms with Gasteiger partial charge in [-0.15, -0.1) is 0 Å². The summed E-state index contributed by atoms with van der Waals surface area (Å²) >= 11 is 0. The summed E-state index contributed by atoms with van der Waals surface area (Å²) < 4.78 is 23.6. The third-order valence-corrected chi connectivity index (χ3v) is 13.2. The number of nitrogens with zero attached hydrogens (tertiary/aromatic N) is 1. The highest BCUT2D eigenvalue weighted by Crippen LogP contribution is 2.43. The molecule has 0 aliphatic rings. The third kappa shape index (κ3) is 54.8. The molecule has 0 spiro atoms. The minimum absolute atomic E-state index is 0.0517. The van der Waals surface area contributed by atoms with E-state index in [0.29, 0.717) is 17.4 Å². The molecular weight excluding hydrogens is 900 g/mol. The van der Waals surface area contributed by atoms with Gasteiger partial charge in [0.1, 0.15) is 13.2 Å². The second-order valence-corrected chi connectivity index (χ2v) is 21.7. The Morgan fingerprint density at radius 1 is 0.493 bits per heavy atom. The lowest BCUT2D eigenvalue weighted by Gasteiger charge is -2.25. The molecule has 3 unspecified atom stereocenters. The normalized spacial score (nSPS) is 14.7. The van der Waals surface area contributed by atoms with Gasteiger partial charge in [-0.05, 0) is 89.9 Å². The van der Waals surface area contributed by atoms with Gasteiger partial charge in [-0.1, -0.05) is 239 Å². The molecule has 8 nitrogen and oxygen atoms in total. The Morgan fingerprint density at radius 2 is 0.859 bits per heavy atom. The summed E-state index contributed by atoms with van der Waals surface area (Å²) in [5.41, 5.74) is 0. The molecule has 9 heteroatoms.